The molecule has 0 saturated carbocycles. The van der Waals surface area contributed by atoms with Crippen molar-refractivity contribution in [2.45, 2.75) is 13.3 Å². The lowest BCUT2D eigenvalue weighted by Gasteiger charge is -2.12. The number of amides is 1. The summed E-state index contributed by atoms with van der Waals surface area (Å²) in [6.07, 6.45) is 0.347. The van der Waals surface area contributed by atoms with Crippen molar-refractivity contribution >= 4 is 17.6 Å². The van der Waals surface area contributed by atoms with Gasteiger partial charge in [-0.2, -0.15) is 0 Å². The van der Waals surface area contributed by atoms with Gasteiger partial charge in [0.15, 0.2) is 0 Å². The lowest BCUT2D eigenvalue weighted by molar-refractivity contribution is -0.148. The minimum atomic E-state index is -0.843. The van der Waals surface area contributed by atoms with E-state index in [9.17, 15) is 14.0 Å². The monoisotopic (exact) mass is 239 g/mol. The van der Waals surface area contributed by atoms with Gasteiger partial charge in [0.25, 0.3) is 0 Å². The zero-order valence-electron chi connectivity index (χ0n) is 9.70. The van der Waals surface area contributed by atoms with Crippen molar-refractivity contribution in [2.24, 2.45) is 5.92 Å². The van der Waals surface area contributed by atoms with Gasteiger partial charge < -0.3 is 10.1 Å². The smallest absolute Gasteiger partial charge is 0.318 e. The molecule has 1 rings (SSSR count). The molecule has 17 heavy (non-hydrogen) atoms. The van der Waals surface area contributed by atoms with Crippen LogP contribution < -0.4 is 5.32 Å². The Morgan fingerprint density at radius 2 is 1.94 bits per heavy atom. The number of carbonyl (C=O) groups excluding carboxylic acids is 2. The van der Waals surface area contributed by atoms with E-state index in [2.05, 4.69) is 10.1 Å². The summed E-state index contributed by atoms with van der Waals surface area (Å²) >= 11 is 0. The first-order valence-corrected chi connectivity index (χ1v) is 5.22. The van der Waals surface area contributed by atoms with Crippen molar-refractivity contribution in [3.05, 3.63) is 30.1 Å². The van der Waals surface area contributed by atoms with E-state index in [1.165, 1.54) is 31.4 Å². The van der Waals surface area contributed by atoms with Crippen LogP contribution in [0.1, 0.15) is 13.3 Å². The standard InChI is InChI=1S/C12H14FNO3/c1-3-10(12(16)17-2)11(15)14-9-6-4-8(13)5-7-9/h4-7,10H,3H2,1-2H3,(H,14,15). The molecule has 1 unspecified atom stereocenters. The minimum Gasteiger partial charge on any atom is -0.468 e. The average Bonchev–Trinajstić information content (AvgIpc) is 2.32. The van der Waals surface area contributed by atoms with Crippen molar-refractivity contribution < 1.29 is 18.7 Å². The van der Waals surface area contributed by atoms with E-state index in [1.807, 2.05) is 0 Å². The van der Waals surface area contributed by atoms with Crippen LogP contribution >= 0.6 is 0 Å². The highest BCUT2D eigenvalue weighted by molar-refractivity contribution is 6.04. The third kappa shape index (κ3) is 3.55. The number of esters is 1. The summed E-state index contributed by atoms with van der Waals surface area (Å²) < 4.78 is 17.2. The number of carbonyl (C=O) groups is 2. The van der Waals surface area contributed by atoms with Gasteiger partial charge in [-0.15, -0.1) is 0 Å². The topological polar surface area (TPSA) is 55.4 Å². The molecule has 0 bridgehead atoms. The summed E-state index contributed by atoms with van der Waals surface area (Å²) in [7, 11) is 1.23. The summed E-state index contributed by atoms with van der Waals surface area (Å²) in [5.41, 5.74) is 0.443. The van der Waals surface area contributed by atoms with Crippen LogP contribution in [0.3, 0.4) is 0 Å². The van der Waals surface area contributed by atoms with Gasteiger partial charge in [0, 0.05) is 5.69 Å². The van der Waals surface area contributed by atoms with Crippen molar-refractivity contribution in [1.82, 2.24) is 0 Å². The molecule has 5 heteroatoms. The Bertz CT molecular complexity index is 403. The van der Waals surface area contributed by atoms with Gasteiger partial charge in [-0.3, -0.25) is 9.59 Å². The Labute approximate surface area is 98.8 Å². The number of hydrogen-bond acceptors (Lipinski definition) is 3. The number of anilines is 1. The summed E-state index contributed by atoms with van der Waals surface area (Å²) in [6, 6.07) is 5.32. The highest BCUT2D eigenvalue weighted by Crippen LogP contribution is 2.12. The number of nitrogens with one attached hydrogen (secondary N) is 1. The number of hydrogen-bond donors (Lipinski definition) is 1. The highest BCUT2D eigenvalue weighted by atomic mass is 19.1. The normalized spacial score (nSPS) is 11.7. The van der Waals surface area contributed by atoms with Gasteiger partial charge in [-0.25, -0.2) is 4.39 Å². The summed E-state index contributed by atoms with van der Waals surface area (Å²) in [6.45, 7) is 1.71. The van der Waals surface area contributed by atoms with Gasteiger partial charge >= 0.3 is 5.97 Å². The fourth-order valence-electron chi connectivity index (χ4n) is 1.36. The van der Waals surface area contributed by atoms with Gasteiger partial charge in [-0.1, -0.05) is 6.92 Å². The first-order chi connectivity index (χ1) is 8.08. The molecule has 1 N–H and O–H groups in total. The lowest BCUT2D eigenvalue weighted by atomic mass is 10.1. The van der Waals surface area contributed by atoms with Crippen molar-refractivity contribution in [1.29, 1.82) is 0 Å². The van der Waals surface area contributed by atoms with E-state index in [0.717, 1.165) is 0 Å². The minimum absolute atomic E-state index is 0.347. The molecule has 1 atom stereocenters. The fraction of sp³-hybridized carbons (Fsp3) is 0.333. The number of ether oxygens (including phenoxy) is 1. The van der Waals surface area contributed by atoms with Crippen LogP contribution in [0, 0.1) is 11.7 Å². The quantitative estimate of drug-likeness (QED) is 0.645. The Kier molecular flexibility index (Phi) is 4.63. The number of methoxy groups -OCH3 is 1. The molecule has 0 heterocycles. The molecule has 0 fully saturated rings. The molecule has 1 aromatic rings. The number of halogens is 1. The maximum absolute atomic E-state index is 12.6. The molecular formula is C12H14FNO3. The van der Waals surface area contributed by atoms with E-state index in [0.29, 0.717) is 12.1 Å². The molecule has 1 aromatic carbocycles. The van der Waals surface area contributed by atoms with Gasteiger partial charge in [-0.05, 0) is 30.7 Å². The summed E-state index contributed by atoms with van der Waals surface area (Å²) in [4.78, 5) is 23.0. The molecule has 0 aliphatic rings. The van der Waals surface area contributed by atoms with E-state index in [1.54, 1.807) is 6.92 Å². The second-order valence-electron chi connectivity index (χ2n) is 3.48. The summed E-state index contributed by atoms with van der Waals surface area (Å²) in [5, 5.41) is 2.53. The van der Waals surface area contributed by atoms with Crippen LogP contribution in [0.25, 0.3) is 0 Å². The van der Waals surface area contributed by atoms with Crippen molar-refractivity contribution in [3.63, 3.8) is 0 Å². The maximum Gasteiger partial charge on any atom is 0.318 e. The molecule has 0 aliphatic heterocycles. The average molecular weight is 239 g/mol. The third-order valence-corrected chi connectivity index (χ3v) is 2.32. The first kappa shape index (κ1) is 13.2. The van der Waals surface area contributed by atoms with E-state index < -0.39 is 17.8 Å². The molecule has 4 nitrogen and oxygen atoms in total. The van der Waals surface area contributed by atoms with E-state index in [-0.39, 0.29) is 5.82 Å². The predicted molar refractivity (Wildman–Crippen MR) is 60.8 cm³/mol. The van der Waals surface area contributed by atoms with Crippen LogP contribution in [0.15, 0.2) is 24.3 Å². The molecule has 0 saturated heterocycles. The second kappa shape index (κ2) is 5.98. The molecule has 92 valence electrons. The van der Waals surface area contributed by atoms with E-state index >= 15 is 0 Å². The van der Waals surface area contributed by atoms with Crippen LogP contribution in [-0.4, -0.2) is 19.0 Å². The molecule has 0 aromatic heterocycles. The first-order valence-electron chi connectivity index (χ1n) is 5.22. The van der Waals surface area contributed by atoms with Crippen LogP contribution in [0.2, 0.25) is 0 Å². The Hall–Kier alpha value is -1.91. The molecule has 0 spiro atoms. The Balaban J connectivity index is 2.70. The fourth-order valence-corrected chi connectivity index (χ4v) is 1.36. The maximum atomic E-state index is 12.6. The van der Waals surface area contributed by atoms with Crippen LogP contribution in [0.5, 0.6) is 0 Å². The molecule has 0 radical (unpaired) electrons. The van der Waals surface area contributed by atoms with Crippen LogP contribution in [-0.2, 0) is 14.3 Å². The van der Waals surface area contributed by atoms with Gasteiger partial charge in [0.1, 0.15) is 11.7 Å². The largest absolute Gasteiger partial charge is 0.468 e. The molecular weight excluding hydrogens is 225 g/mol. The van der Waals surface area contributed by atoms with Gasteiger partial charge in [0.2, 0.25) is 5.91 Å². The number of rotatable bonds is 4. The molecule has 1 amide bonds. The third-order valence-electron chi connectivity index (χ3n) is 2.32. The van der Waals surface area contributed by atoms with Crippen molar-refractivity contribution in [2.75, 3.05) is 12.4 Å². The van der Waals surface area contributed by atoms with E-state index in [4.69, 9.17) is 0 Å². The molecule has 0 aliphatic carbocycles. The highest BCUT2D eigenvalue weighted by Gasteiger charge is 2.25. The second-order valence-corrected chi connectivity index (χ2v) is 3.48. The lowest BCUT2D eigenvalue weighted by Crippen LogP contribution is -2.30. The predicted octanol–water partition coefficient (Wildman–Crippen LogP) is 1.96. The zero-order chi connectivity index (χ0) is 12.8. The van der Waals surface area contributed by atoms with Crippen LogP contribution in [0.4, 0.5) is 10.1 Å². The summed E-state index contributed by atoms with van der Waals surface area (Å²) in [5.74, 6) is -2.26. The van der Waals surface area contributed by atoms with Gasteiger partial charge in [0.05, 0.1) is 7.11 Å². The SMILES string of the molecule is CCC(C(=O)Nc1ccc(F)cc1)C(=O)OC. The number of benzene rings is 1. The Morgan fingerprint density at radius 1 is 1.35 bits per heavy atom. The zero-order valence-corrected chi connectivity index (χ0v) is 9.70. The van der Waals surface area contributed by atoms with Crippen molar-refractivity contribution in [3.8, 4) is 0 Å². The Morgan fingerprint density at radius 3 is 2.41 bits per heavy atom.